The molecule has 0 bridgehead atoms. The van der Waals surface area contributed by atoms with Crippen LogP contribution in [0.5, 0.6) is 0 Å². The topological polar surface area (TPSA) is 53.1 Å². The van der Waals surface area contributed by atoms with Crippen LogP contribution in [-0.2, 0) is 6.42 Å². The van der Waals surface area contributed by atoms with Gasteiger partial charge in [0.25, 0.3) is 0 Å². The zero-order valence-corrected chi connectivity index (χ0v) is 11.8. The number of nitrogens with two attached hydrogens (primary N) is 1. The molecule has 106 valence electrons. The smallest absolute Gasteiger partial charge is 0.150 e. The van der Waals surface area contributed by atoms with E-state index in [-0.39, 0.29) is 17.1 Å². The number of hydrogen-bond acceptors (Lipinski definition) is 3. The highest BCUT2D eigenvalue weighted by atomic mass is 32.1. The van der Waals surface area contributed by atoms with Crippen molar-refractivity contribution in [1.29, 1.82) is 5.41 Å². The first-order valence-electron chi connectivity index (χ1n) is 6.06. The van der Waals surface area contributed by atoms with Gasteiger partial charge in [0.1, 0.15) is 23.2 Å². The molecule has 20 heavy (non-hydrogen) atoms. The molecule has 0 aliphatic rings. The highest BCUT2D eigenvalue weighted by Crippen LogP contribution is 2.24. The molecule has 1 aromatic heterocycles. The van der Waals surface area contributed by atoms with Crippen molar-refractivity contribution in [2.45, 2.75) is 6.42 Å². The summed E-state index contributed by atoms with van der Waals surface area (Å²) in [6.07, 6.45) is 0.724. The second-order valence-electron chi connectivity index (χ2n) is 4.45. The number of thiophene rings is 1. The van der Waals surface area contributed by atoms with Gasteiger partial charge in [-0.05, 0) is 30.0 Å². The van der Waals surface area contributed by atoms with E-state index in [9.17, 15) is 8.78 Å². The lowest BCUT2D eigenvalue weighted by atomic mass is 10.1. The highest BCUT2D eigenvalue weighted by molar-refractivity contribution is 7.09. The van der Waals surface area contributed by atoms with Crippen LogP contribution < -0.4 is 10.6 Å². The number of nitrogens with zero attached hydrogens (tertiary/aromatic N) is 1. The van der Waals surface area contributed by atoms with E-state index in [1.807, 2.05) is 17.5 Å². The molecule has 0 spiro atoms. The minimum atomic E-state index is -0.705. The van der Waals surface area contributed by atoms with Crippen LogP contribution in [0.15, 0.2) is 29.6 Å². The molecule has 3 N–H and O–H groups in total. The first-order valence-corrected chi connectivity index (χ1v) is 6.94. The van der Waals surface area contributed by atoms with Crippen LogP contribution in [-0.4, -0.2) is 19.4 Å². The van der Waals surface area contributed by atoms with E-state index >= 15 is 0 Å². The van der Waals surface area contributed by atoms with Crippen LogP contribution in [0.4, 0.5) is 14.5 Å². The Morgan fingerprint density at radius 3 is 2.50 bits per heavy atom. The zero-order valence-electron chi connectivity index (χ0n) is 11.0. The lowest BCUT2D eigenvalue weighted by Gasteiger charge is -2.20. The number of hydrogen-bond donors (Lipinski definition) is 2. The van der Waals surface area contributed by atoms with E-state index in [4.69, 9.17) is 11.1 Å². The molecule has 2 rings (SSSR count). The van der Waals surface area contributed by atoms with Gasteiger partial charge in [-0.15, -0.1) is 11.3 Å². The van der Waals surface area contributed by atoms with E-state index in [1.54, 1.807) is 18.4 Å². The van der Waals surface area contributed by atoms with Crippen LogP contribution in [0, 0.1) is 17.0 Å². The van der Waals surface area contributed by atoms with Gasteiger partial charge in [0, 0.05) is 24.0 Å². The van der Waals surface area contributed by atoms with E-state index in [1.165, 1.54) is 4.90 Å². The molecule has 1 heterocycles. The maximum absolute atomic E-state index is 14.0. The predicted molar refractivity (Wildman–Crippen MR) is 78.7 cm³/mol. The monoisotopic (exact) mass is 295 g/mol. The summed E-state index contributed by atoms with van der Waals surface area (Å²) >= 11 is 1.62. The lowest BCUT2D eigenvalue weighted by Crippen LogP contribution is -2.23. The second kappa shape index (κ2) is 6.00. The number of nitrogens with one attached hydrogen (secondary N) is 1. The Morgan fingerprint density at radius 2 is 2.00 bits per heavy atom. The molecule has 0 saturated heterocycles. The third-order valence-corrected chi connectivity index (χ3v) is 3.92. The Morgan fingerprint density at radius 1 is 1.35 bits per heavy atom. The van der Waals surface area contributed by atoms with E-state index in [0.29, 0.717) is 6.54 Å². The molecule has 0 atom stereocenters. The summed E-state index contributed by atoms with van der Waals surface area (Å²) in [5.41, 5.74) is 5.20. The minimum Gasteiger partial charge on any atom is -0.384 e. The summed E-state index contributed by atoms with van der Waals surface area (Å²) < 4.78 is 27.9. The summed E-state index contributed by atoms with van der Waals surface area (Å²) in [5.74, 6) is -1.76. The van der Waals surface area contributed by atoms with Crippen molar-refractivity contribution in [3.8, 4) is 0 Å². The van der Waals surface area contributed by atoms with Crippen LogP contribution in [0.25, 0.3) is 0 Å². The van der Waals surface area contributed by atoms with Crippen molar-refractivity contribution >= 4 is 22.9 Å². The summed E-state index contributed by atoms with van der Waals surface area (Å²) in [6.45, 7) is 0.508. The summed E-state index contributed by atoms with van der Waals surface area (Å²) in [7, 11) is 1.64. The number of benzene rings is 1. The Labute approximate surface area is 120 Å². The van der Waals surface area contributed by atoms with Crippen molar-refractivity contribution in [2.24, 2.45) is 5.73 Å². The van der Waals surface area contributed by atoms with E-state index in [2.05, 4.69) is 0 Å². The number of likely N-dealkylation sites (N-methyl/N-ethyl adjacent to an activating group) is 1. The van der Waals surface area contributed by atoms with E-state index in [0.717, 1.165) is 23.4 Å². The van der Waals surface area contributed by atoms with Crippen LogP contribution in [0.3, 0.4) is 0 Å². The average Bonchev–Trinajstić information content (AvgIpc) is 2.88. The molecule has 0 aliphatic heterocycles. The molecule has 3 nitrogen and oxygen atoms in total. The molecule has 1 aromatic carbocycles. The van der Waals surface area contributed by atoms with Gasteiger partial charge in [-0.3, -0.25) is 5.41 Å². The predicted octanol–water partition coefficient (Wildman–Crippen LogP) is 2.99. The number of nitrogen functional groups attached to an aromatic ring is 1. The summed E-state index contributed by atoms with van der Waals surface area (Å²) in [6, 6.07) is 6.11. The summed E-state index contributed by atoms with van der Waals surface area (Å²) in [5, 5.41) is 9.18. The molecule has 0 saturated carbocycles. The molecule has 0 unspecified atom stereocenters. The van der Waals surface area contributed by atoms with Gasteiger partial charge in [-0.1, -0.05) is 6.07 Å². The third kappa shape index (κ3) is 3.14. The lowest BCUT2D eigenvalue weighted by molar-refractivity contribution is 0.576. The Kier molecular flexibility index (Phi) is 4.34. The Hall–Kier alpha value is -1.95. The molecule has 0 radical (unpaired) electrons. The van der Waals surface area contributed by atoms with Crippen molar-refractivity contribution in [3.63, 3.8) is 0 Å². The first kappa shape index (κ1) is 14.5. The third-order valence-electron chi connectivity index (χ3n) is 2.98. The quantitative estimate of drug-likeness (QED) is 0.658. The van der Waals surface area contributed by atoms with Gasteiger partial charge in [0.15, 0.2) is 0 Å². The maximum Gasteiger partial charge on any atom is 0.150 e. The van der Waals surface area contributed by atoms with Crippen LogP contribution >= 0.6 is 11.3 Å². The SMILES string of the molecule is CN(CCc1cccs1)c1c(F)cc(C(=N)N)cc1F. The largest absolute Gasteiger partial charge is 0.384 e. The van der Waals surface area contributed by atoms with Gasteiger partial charge in [0.05, 0.1) is 0 Å². The number of halogens is 2. The van der Waals surface area contributed by atoms with Gasteiger partial charge in [-0.2, -0.15) is 0 Å². The fourth-order valence-electron chi connectivity index (χ4n) is 1.93. The van der Waals surface area contributed by atoms with Crippen molar-refractivity contribution in [2.75, 3.05) is 18.5 Å². The second-order valence-corrected chi connectivity index (χ2v) is 5.49. The fraction of sp³-hybridized carbons (Fsp3) is 0.214. The molecule has 2 aromatic rings. The van der Waals surface area contributed by atoms with Crippen LogP contribution in [0.2, 0.25) is 0 Å². The van der Waals surface area contributed by atoms with Crippen molar-refractivity contribution in [3.05, 3.63) is 51.7 Å². The van der Waals surface area contributed by atoms with Gasteiger partial charge in [-0.25, -0.2) is 8.78 Å². The van der Waals surface area contributed by atoms with Crippen molar-refractivity contribution in [1.82, 2.24) is 0 Å². The maximum atomic E-state index is 14.0. The molecule has 0 aliphatic carbocycles. The van der Waals surface area contributed by atoms with Gasteiger partial charge < -0.3 is 10.6 Å². The Balaban J connectivity index is 2.17. The molecule has 6 heteroatoms. The van der Waals surface area contributed by atoms with Crippen LogP contribution in [0.1, 0.15) is 10.4 Å². The minimum absolute atomic E-state index is 0.0513. The number of rotatable bonds is 5. The van der Waals surface area contributed by atoms with E-state index < -0.39 is 11.6 Å². The standard InChI is InChI=1S/C14H15F2N3S/c1-19(5-4-10-3-2-6-20-10)13-11(15)7-9(14(17)18)8-12(13)16/h2-3,6-8H,4-5H2,1H3,(H3,17,18). The zero-order chi connectivity index (χ0) is 14.7. The molecular weight excluding hydrogens is 280 g/mol. The average molecular weight is 295 g/mol. The number of anilines is 1. The molecular formula is C14H15F2N3S. The van der Waals surface area contributed by atoms with Gasteiger partial charge in [0.2, 0.25) is 0 Å². The molecule has 0 fully saturated rings. The van der Waals surface area contributed by atoms with Gasteiger partial charge >= 0.3 is 0 Å². The normalized spacial score (nSPS) is 10.6. The molecule has 0 amide bonds. The fourth-order valence-corrected chi connectivity index (χ4v) is 2.63. The highest BCUT2D eigenvalue weighted by Gasteiger charge is 2.16. The Bertz CT molecular complexity index is 588. The first-order chi connectivity index (χ1) is 9.49. The summed E-state index contributed by atoms with van der Waals surface area (Å²) in [4.78, 5) is 2.70. The number of amidine groups is 1. The van der Waals surface area contributed by atoms with Crippen molar-refractivity contribution < 1.29 is 8.78 Å².